The van der Waals surface area contributed by atoms with Gasteiger partial charge in [-0.05, 0) is 32.4 Å². The number of aliphatic hydroxyl groups excluding tert-OH is 1. The first-order chi connectivity index (χ1) is 9.07. The lowest BCUT2D eigenvalue weighted by atomic mass is 9.98. The van der Waals surface area contributed by atoms with E-state index in [1.54, 1.807) is 0 Å². The molecular weight excluding hydrogens is 236 g/mol. The van der Waals surface area contributed by atoms with Crippen LogP contribution in [0.1, 0.15) is 25.8 Å². The Balaban J connectivity index is 2.49. The van der Waals surface area contributed by atoms with Gasteiger partial charge in [0.1, 0.15) is 0 Å². The van der Waals surface area contributed by atoms with E-state index in [0.29, 0.717) is 12.0 Å². The van der Waals surface area contributed by atoms with Gasteiger partial charge in [0.25, 0.3) is 0 Å². The van der Waals surface area contributed by atoms with E-state index in [9.17, 15) is 0 Å². The van der Waals surface area contributed by atoms with Gasteiger partial charge in [-0.15, -0.1) is 0 Å². The first-order valence-corrected chi connectivity index (χ1v) is 6.38. The summed E-state index contributed by atoms with van der Waals surface area (Å²) in [6.07, 6.45) is 0.668. The van der Waals surface area contributed by atoms with E-state index >= 15 is 0 Å². The predicted molar refractivity (Wildman–Crippen MR) is 78.1 cm³/mol. The molecule has 0 aliphatic carbocycles. The Bertz CT molecular complexity index is 626. The Morgan fingerprint density at radius 2 is 1.84 bits per heavy atom. The van der Waals surface area contributed by atoms with Gasteiger partial charge in [-0.25, -0.2) is 0 Å². The molecule has 98 valence electrons. The fourth-order valence-electron chi connectivity index (χ4n) is 2.21. The molecule has 0 atom stereocenters. The highest BCUT2D eigenvalue weighted by atomic mass is 16.3. The topological polar surface area (TPSA) is 56.0 Å². The monoisotopic (exact) mass is 254 g/mol. The molecule has 3 nitrogen and oxygen atoms in total. The molecule has 0 fully saturated rings. The number of anilines is 1. The zero-order chi connectivity index (χ0) is 13.9. The average Bonchev–Trinajstić information content (AvgIpc) is 2.39. The van der Waals surface area contributed by atoms with Crippen LogP contribution in [0.25, 0.3) is 10.8 Å². The van der Waals surface area contributed by atoms with Gasteiger partial charge in [-0.1, -0.05) is 24.3 Å². The van der Waals surface area contributed by atoms with E-state index < -0.39 is 0 Å². The Morgan fingerprint density at radius 3 is 2.47 bits per heavy atom. The zero-order valence-electron chi connectivity index (χ0n) is 11.3. The third-order valence-electron chi connectivity index (χ3n) is 3.25. The molecule has 2 aromatic carbocycles. The second-order valence-electron chi connectivity index (χ2n) is 5.30. The van der Waals surface area contributed by atoms with E-state index in [1.165, 1.54) is 0 Å². The van der Waals surface area contributed by atoms with E-state index in [4.69, 9.17) is 10.4 Å². The number of hydrogen-bond acceptors (Lipinski definition) is 3. The highest BCUT2D eigenvalue weighted by molar-refractivity contribution is 5.97. The molecule has 0 unspecified atom stereocenters. The van der Waals surface area contributed by atoms with Crippen LogP contribution in [0.4, 0.5) is 5.69 Å². The maximum atomic E-state index is 9.14. The van der Waals surface area contributed by atoms with Crippen LogP contribution < -0.4 is 5.32 Å². The summed E-state index contributed by atoms with van der Waals surface area (Å²) in [6, 6.07) is 13.8. The molecule has 2 aromatic rings. The van der Waals surface area contributed by atoms with Gasteiger partial charge >= 0.3 is 0 Å². The summed E-state index contributed by atoms with van der Waals surface area (Å²) >= 11 is 0. The van der Waals surface area contributed by atoms with Crippen LogP contribution in [0.15, 0.2) is 36.4 Å². The van der Waals surface area contributed by atoms with Gasteiger partial charge in [-0.3, -0.25) is 0 Å². The van der Waals surface area contributed by atoms with Crippen molar-refractivity contribution < 1.29 is 5.11 Å². The SMILES string of the molecule is CC(C)(CCO)Nc1ccc(C#N)c2ccccc12. The molecule has 0 spiro atoms. The molecule has 2 N–H and O–H groups in total. The molecule has 19 heavy (non-hydrogen) atoms. The maximum absolute atomic E-state index is 9.14. The summed E-state index contributed by atoms with van der Waals surface area (Å²) in [4.78, 5) is 0. The number of nitrogens with one attached hydrogen (secondary N) is 1. The highest BCUT2D eigenvalue weighted by Crippen LogP contribution is 2.29. The lowest BCUT2D eigenvalue weighted by Crippen LogP contribution is -2.31. The number of rotatable bonds is 4. The molecule has 0 radical (unpaired) electrons. The smallest absolute Gasteiger partial charge is 0.0998 e. The third kappa shape index (κ3) is 2.86. The second kappa shape index (κ2) is 5.29. The van der Waals surface area contributed by atoms with Crippen molar-refractivity contribution in [3.8, 4) is 6.07 Å². The summed E-state index contributed by atoms with van der Waals surface area (Å²) in [5.74, 6) is 0. The molecule has 0 saturated carbocycles. The lowest BCUT2D eigenvalue weighted by Gasteiger charge is -2.27. The van der Waals surface area contributed by atoms with Crippen LogP contribution in [0.2, 0.25) is 0 Å². The van der Waals surface area contributed by atoms with Gasteiger partial charge in [0.05, 0.1) is 11.6 Å². The number of hydrogen-bond donors (Lipinski definition) is 2. The summed E-state index contributed by atoms with van der Waals surface area (Å²) < 4.78 is 0. The fraction of sp³-hybridized carbons (Fsp3) is 0.312. The first kappa shape index (κ1) is 13.4. The van der Waals surface area contributed by atoms with Gasteiger partial charge in [0, 0.05) is 28.6 Å². The van der Waals surface area contributed by atoms with Crippen LogP contribution in [0.5, 0.6) is 0 Å². The fourth-order valence-corrected chi connectivity index (χ4v) is 2.21. The Hall–Kier alpha value is -2.05. The third-order valence-corrected chi connectivity index (χ3v) is 3.25. The summed E-state index contributed by atoms with van der Waals surface area (Å²) in [5, 5.41) is 23.7. The standard InChI is InChI=1S/C16H18N2O/c1-16(2,9-10-19)18-15-8-7-12(11-17)13-5-3-4-6-14(13)15/h3-8,18-19H,9-10H2,1-2H3. The molecule has 0 aliphatic rings. The van der Waals surface area contributed by atoms with E-state index in [-0.39, 0.29) is 12.1 Å². The number of benzene rings is 2. The average molecular weight is 254 g/mol. The Labute approximate surface area is 113 Å². The maximum Gasteiger partial charge on any atom is 0.0998 e. The molecule has 0 aromatic heterocycles. The van der Waals surface area contributed by atoms with Crippen molar-refractivity contribution in [2.24, 2.45) is 0 Å². The molecule has 0 bridgehead atoms. The normalized spacial score (nSPS) is 11.3. The molecule has 3 heteroatoms. The van der Waals surface area contributed by atoms with E-state index in [0.717, 1.165) is 16.5 Å². The van der Waals surface area contributed by atoms with Crippen molar-refractivity contribution in [2.75, 3.05) is 11.9 Å². The van der Waals surface area contributed by atoms with Crippen molar-refractivity contribution in [1.82, 2.24) is 0 Å². The molecule has 0 saturated heterocycles. The van der Waals surface area contributed by atoms with E-state index in [2.05, 4.69) is 25.2 Å². The summed E-state index contributed by atoms with van der Waals surface area (Å²) in [7, 11) is 0. The Morgan fingerprint density at radius 1 is 1.16 bits per heavy atom. The highest BCUT2D eigenvalue weighted by Gasteiger charge is 2.18. The minimum absolute atomic E-state index is 0.147. The quantitative estimate of drug-likeness (QED) is 0.880. The minimum atomic E-state index is -0.189. The largest absolute Gasteiger partial charge is 0.396 e. The van der Waals surface area contributed by atoms with Crippen LogP contribution in [0, 0.1) is 11.3 Å². The van der Waals surface area contributed by atoms with Crippen molar-refractivity contribution in [2.45, 2.75) is 25.8 Å². The van der Waals surface area contributed by atoms with Crippen LogP contribution in [-0.4, -0.2) is 17.3 Å². The molecule has 0 aliphatic heterocycles. The number of nitrogens with zero attached hydrogens (tertiary/aromatic N) is 1. The van der Waals surface area contributed by atoms with Crippen LogP contribution in [0.3, 0.4) is 0 Å². The van der Waals surface area contributed by atoms with Crippen molar-refractivity contribution in [3.05, 3.63) is 42.0 Å². The summed E-state index contributed by atoms with van der Waals surface area (Å²) in [6.45, 7) is 4.25. The van der Waals surface area contributed by atoms with Gasteiger partial charge in [0.15, 0.2) is 0 Å². The minimum Gasteiger partial charge on any atom is -0.396 e. The van der Waals surface area contributed by atoms with Crippen LogP contribution in [-0.2, 0) is 0 Å². The molecular formula is C16H18N2O. The molecule has 0 heterocycles. The van der Waals surface area contributed by atoms with Gasteiger partial charge in [-0.2, -0.15) is 5.26 Å². The molecule has 0 amide bonds. The predicted octanol–water partition coefficient (Wildman–Crippen LogP) is 3.28. The van der Waals surface area contributed by atoms with Gasteiger partial charge in [0.2, 0.25) is 0 Å². The van der Waals surface area contributed by atoms with Crippen molar-refractivity contribution in [1.29, 1.82) is 5.26 Å². The number of nitriles is 1. The molecule has 2 rings (SSSR count). The van der Waals surface area contributed by atoms with Crippen molar-refractivity contribution >= 4 is 16.5 Å². The number of fused-ring (bicyclic) bond motifs is 1. The second-order valence-corrected chi connectivity index (χ2v) is 5.30. The van der Waals surface area contributed by atoms with Crippen molar-refractivity contribution in [3.63, 3.8) is 0 Å². The Kier molecular flexibility index (Phi) is 3.73. The van der Waals surface area contributed by atoms with Crippen LogP contribution >= 0.6 is 0 Å². The number of aliphatic hydroxyl groups is 1. The lowest BCUT2D eigenvalue weighted by molar-refractivity contribution is 0.261. The zero-order valence-corrected chi connectivity index (χ0v) is 11.3. The van der Waals surface area contributed by atoms with E-state index in [1.807, 2.05) is 36.4 Å². The van der Waals surface area contributed by atoms with Gasteiger partial charge < -0.3 is 10.4 Å². The first-order valence-electron chi connectivity index (χ1n) is 6.38. The summed E-state index contributed by atoms with van der Waals surface area (Å²) in [5.41, 5.74) is 1.49.